The van der Waals surface area contributed by atoms with E-state index in [2.05, 4.69) is 26.8 Å². The van der Waals surface area contributed by atoms with Crippen LogP contribution < -0.4 is 39.3 Å². The second-order valence-corrected chi connectivity index (χ2v) is 1.87. The maximum absolute atomic E-state index is 5.12. The highest BCUT2D eigenvalue weighted by molar-refractivity contribution is 5.80. The van der Waals surface area contributed by atoms with Crippen molar-refractivity contribution < 1.29 is 0 Å². The number of guanidine groups is 1. The molecule has 1 aliphatic heterocycles. The molecule has 9 nitrogen and oxygen atoms in total. The van der Waals surface area contributed by atoms with Crippen LogP contribution in [0, 0.1) is 0 Å². The molecule has 0 bridgehead atoms. The molecule has 0 aliphatic carbocycles. The van der Waals surface area contributed by atoms with Crippen molar-refractivity contribution in [1.29, 1.82) is 0 Å². The van der Waals surface area contributed by atoms with Crippen LogP contribution in [-0.2, 0) is 0 Å². The van der Waals surface area contributed by atoms with Crippen LogP contribution in [0.5, 0.6) is 0 Å². The lowest BCUT2D eigenvalue weighted by atomic mass is 10.7. The van der Waals surface area contributed by atoms with Crippen molar-refractivity contribution in [3.63, 3.8) is 0 Å². The highest BCUT2D eigenvalue weighted by Gasteiger charge is 2.09. The number of rotatable bonds is 2. The Morgan fingerprint density at radius 3 is 2.58 bits per heavy atom. The molecule has 0 aromatic rings. The van der Waals surface area contributed by atoms with Crippen LogP contribution in [0.1, 0.15) is 0 Å². The summed E-state index contributed by atoms with van der Waals surface area (Å²) in [6, 6.07) is 0. The van der Waals surface area contributed by atoms with Crippen molar-refractivity contribution in [2.75, 3.05) is 0 Å². The molecule has 1 heterocycles. The Kier molecular flexibility index (Phi) is 2.66. The largest absolute Gasteiger partial charge is 0.307 e. The van der Waals surface area contributed by atoms with Crippen LogP contribution in [0.2, 0.25) is 0 Å². The van der Waals surface area contributed by atoms with Crippen LogP contribution in [0.25, 0.3) is 0 Å². The Labute approximate surface area is 68.5 Å². The van der Waals surface area contributed by atoms with Gasteiger partial charge in [0, 0.05) is 0 Å². The van der Waals surface area contributed by atoms with Gasteiger partial charge in [-0.2, -0.15) is 10.5 Å². The fourth-order valence-corrected chi connectivity index (χ4v) is 0.647. The van der Waals surface area contributed by atoms with Gasteiger partial charge in [0.05, 0.1) is 6.20 Å². The molecule has 9 heteroatoms. The highest BCUT2D eigenvalue weighted by atomic mass is 15.8. The van der Waals surface area contributed by atoms with E-state index in [4.69, 9.17) is 17.5 Å². The molecule has 0 unspecified atom stereocenters. The Morgan fingerprint density at radius 1 is 1.33 bits per heavy atom. The molecule has 0 radical (unpaired) electrons. The molecular formula is C3H11N9. The first-order chi connectivity index (χ1) is 5.80. The summed E-state index contributed by atoms with van der Waals surface area (Å²) in [6.45, 7) is 0. The summed E-state index contributed by atoms with van der Waals surface area (Å²) in [7, 11) is 0. The zero-order chi connectivity index (χ0) is 8.97. The molecule has 1 rings (SSSR count). The summed E-state index contributed by atoms with van der Waals surface area (Å²) in [4.78, 5) is 3.87. The first-order valence-electron chi connectivity index (χ1n) is 3.06. The quantitative estimate of drug-likeness (QED) is 0.167. The zero-order valence-corrected chi connectivity index (χ0v) is 6.20. The minimum Gasteiger partial charge on any atom is -0.307 e. The normalized spacial score (nSPS) is 16.1. The predicted octanol–water partition coefficient (Wildman–Crippen LogP) is -3.73. The van der Waals surface area contributed by atoms with Gasteiger partial charge in [0.15, 0.2) is 5.82 Å². The van der Waals surface area contributed by atoms with Gasteiger partial charge < -0.3 is 5.43 Å². The summed E-state index contributed by atoms with van der Waals surface area (Å²) in [6.07, 6.45) is 1.50. The van der Waals surface area contributed by atoms with Crippen molar-refractivity contribution in [2.24, 2.45) is 22.5 Å². The summed E-state index contributed by atoms with van der Waals surface area (Å²) in [5.74, 6) is 16.0. The summed E-state index contributed by atoms with van der Waals surface area (Å²) < 4.78 is 0. The van der Waals surface area contributed by atoms with E-state index in [0.29, 0.717) is 11.8 Å². The average molecular weight is 173 g/mol. The highest BCUT2D eigenvalue weighted by Crippen LogP contribution is 1.95. The lowest BCUT2D eigenvalue weighted by molar-refractivity contribution is 0.224. The van der Waals surface area contributed by atoms with Gasteiger partial charge in [-0.15, -0.1) is 0 Å². The van der Waals surface area contributed by atoms with E-state index in [-0.39, 0.29) is 0 Å². The van der Waals surface area contributed by atoms with Gasteiger partial charge in [-0.25, -0.2) is 16.8 Å². The molecule has 0 saturated carbocycles. The van der Waals surface area contributed by atoms with Crippen molar-refractivity contribution in [2.45, 2.75) is 0 Å². The molecule has 0 aromatic carbocycles. The van der Waals surface area contributed by atoms with Gasteiger partial charge >= 0.3 is 0 Å². The standard InChI is InChI=1S/C3H11N9/c4-8-2-1-12(11-6)10-3(7-2)9-5/h1,8,11H,4-6H2,(H2,7,9,10). The lowest BCUT2D eigenvalue weighted by Gasteiger charge is -2.25. The summed E-state index contributed by atoms with van der Waals surface area (Å²) in [5.41, 5.74) is 9.59. The molecule has 0 spiro atoms. The molecule has 0 atom stereocenters. The minimum atomic E-state index is 0.309. The van der Waals surface area contributed by atoms with Gasteiger partial charge in [-0.05, 0) is 0 Å². The number of nitrogens with one attached hydrogen (secondary N) is 4. The first kappa shape index (κ1) is 8.55. The third-order valence-corrected chi connectivity index (χ3v) is 1.13. The van der Waals surface area contributed by atoms with Crippen LogP contribution in [0.15, 0.2) is 17.0 Å². The molecule has 68 valence electrons. The van der Waals surface area contributed by atoms with E-state index in [1.165, 1.54) is 11.3 Å². The Balaban J connectivity index is 2.70. The van der Waals surface area contributed by atoms with Gasteiger partial charge in [0.25, 0.3) is 0 Å². The van der Waals surface area contributed by atoms with E-state index >= 15 is 0 Å². The smallest absolute Gasteiger partial charge is 0.232 e. The molecule has 10 N–H and O–H groups in total. The maximum atomic E-state index is 5.12. The van der Waals surface area contributed by atoms with E-state index in [1.807, 2.05) is 0 Å². The fourth-order valence-electron chi connectivity index (χ4n) is 0.647. The van der Waals surface area contributed by atoms with Crippen LogP contribution in [0.4, 0.5) is 0 Å². The van der Waals surface area contributed by atoms with Crippen molar-refractivity contribution >= 4 is 5.96 Å². The van der Waals surface area contributed by atoms with Gasteiger partial charge in [0.1, 0.15) is 0 Å². The van der Waals surface area contributed by atoms with Gasteiger partial charge in [-0.3, -0.25) is 16.7 Å². The van der Waals surface area contributed by atoms with Crippen LogP contribution in [0.3, 0.4) is 0 Å². The van der Waals surface area contributed by atoms with Crippen LogP contribution in [-0.4, -0.2) is 11.1 Å². The molecule has 12 heavy (non-hydrogen) atoms. The lowest BCUT2D eigenvalue weighted by Crippen LogP contribution is -2.57. The SMILES string of the molecule is NNC1=CN(NN)NC(NN)=N1. The van der Waals surface area contributed by atoms with Crippen molar-refractivity contribution in [3.8, 4) is 0 Å². The zero-order valence-electron chi connectivity index (χ0n) is 6.20. The Hall–Kier alpha value is -1.55. The molecular weight excluding hydrogens is 162 g/mol. The first-order valence-corrected chi connectivity index (χ1v) is 3.06. The molecule has 1 aliphatic rings. The Morgan fingerprint density at radius 2 is 2.08 bits per heavy atom. The number of aliphatic imine (C=N–C) groups is 1. The topological polar surface area (TPSA) is 142 Å². The Bertz CT molecular complexity index is 206. The van der Waals surface area contributed by atoms with Crippen molar-refractivity contribution in [1.82, 2.24) is 26.9 Å². The minimum absolute atomic E-state index is 0.309. The molecule has 0 saturated heterocycles. The number of nitrogens with two attached hydrogens (primary N) is 3. The monoisotopic (exact) mass is 173 g/mol. The van der Waals surface area contributed by atoms with E-state index in [0.717, 1.165) is 0 Å². The summed E-state index contributed by atoms with van der Waals surface area (Å²) in [5, 5.41) is 1.32. The maximum Gasteiger partial charge on any atom is 0.232 e. The number of hydrogen-bond donors (Lipinski definition) is 7. The van der Waals surface area contributed by atoms with E-state index in [1.54, 1.807) is 0 Å². The summed E-state index contributed by atoms with van der Waals surface area (Å²) >= 11 is 0. The molecule has 0 fully saturated rings. The van der Waals surface area contributed by atoms with E-state index in [9.17, 15) is 0 Å². The number of nitrogens with zero attached hydrogens (tertiary/aromatic N) is 2. The van der Waals surface area contributed by atoms with Gasteiger partial charge in [-0.1, -0.05) is 0 Å². The third-order valence-electron chi connectivity index (χ3n) is 1.13. The second kappa shape index (κ2) is 3.73. The second-order valence-electron chi connectivity index (χ2n) is 1.87. The number of hydrazine groups is 5. The van der Waals surface area contributed by atoms with Crippen molar-refractivity contribution in [3.05, 3.63) is 12.0 Å². The number of hydrogen-bond acceptors (Lipinski definition) is 9. The third kappa shape index (κ3) is 1.73. The molecule has 0 aromatic heterocycles. The molecule has 0 amide bonds. The predicted molar refractivity (Wildman–Crippen MR) is 42.5 cm³/mol. The van der Waals surface area contributed by atoms with E-state index < -0.39 is 0 Å². The van der Waals surface area contributed by atoms with Crippen LogP contribution >= 0.6 is 0 Å². The van der Waals surface area contributed by atoms with Gasteiger partial charge in [0.2, 0.25) is 5.96 Å². The average Bonchev–Trinajstić information content (AvgIpc) is 2.16. The fraction of sp³-hybridized carbons (Fsp3) is 0.